The molecule has 0 radical (unpaired) electrons. The predicted molar refractivity (Wildman–Crippen MR) is 120 cm³/mol. The largest absolute Gasteiger partial charge is 0.495 e. The van der Waals surface area contributed by atoms with E-state index in [1.165, 1.54) is 0 Å². The third kappa shape index (κ3) is 6.84. The van der Waals surface area contributed by atoms with Gasteiger partial charge in [0, 0.05) is 34.5 Å². The van der Waals surface area contributed by atoms with Crippen LogP contribution in [0.2, 0.25) is 5.02 Å². The number of methoxy groups -OCH3 is 1. The summed E-state index contributed by atoms with van der Waals surface area (Å²) >= 11 is 12.2. The van der Waals surface area contributed by atoms with Gasteiger partial charge in [-0.3, -0.25) is 4.79 Å². The van der Waals surface area contributed by atoms with Gasteiger partial charge in [0.25, 0.3) is 0 Å². The van der Waals surface area contributed by atoms with Crippen molar-refractivity contribution in [3.05, 3.63) is 20.7 Å². The number of benzene rings is 1. The molecule has 0 bridgehead atoms. The Morgan fingerprint density at radius 1 is 1.41 bits per heavy atom. The van der Waals surface area contributed by atoms with Crippen LogP contribution in [0, 0.1) is 3.57 Å². The molecule has 7 nitrogen and oxygen atoms in total. The molecule has 2 rings (SSSR count). The molecule has 1 aliphatic rings. The van der Waals surface area contributed by atoms with Crippen molar-refractivity contribution in [3.8, 4) is 5.75 Å². The molecule has 1 fully saturated rings. The molecule has 1 aromatic rings. The maximum Gasteiger partial charge on any atom is 0.241 e. The van der Waals surface area contributed by atoms with E-state index in [0.717, 1.165) is 3.57 Å². The molecule has 0 aliphatic carbocycles. The zero-order valence-electron chi connectivity index (χ0n) is 14.9. The number of hydrogen-bond donors (Lipinski definition) is 3. The summed E-state index contributed by atoms with van der Waals surface area (Å²) in [6, 6.07) is 3.40. The van der Waals surface area contributed by atoms with Crippen LogP contribution in [0.25, 0.3) is 0 Å². The van der Waals surface area contributed by atoms with Crippen LogP contribution in [0.1, 0.15) is 12.8 Å². The van der Waals surface area contributed by atoms with Gasteiger partial charge in [-0.1, -0.05) is 11.6 Å². The number of rotatable bonds is 8. The molecule has 0 spiro atoms. The van der Waals surface area contributed by atoms with Crippen molar-refractivity contribution in [1.29, 1.82) is 0 Å². The minimum Gasteiger partial charge on any atom is -0.495 e. The number of amides is 1. The number of halogens is 2. The van der Waals surface area contributed by atoms with E-state index in [4.69, 9.17) is 16.3 Å². The molecule has 1 aliphatic heterocycles. The smallest absolute Gasteiger partial charge is 0.241 e. The molecular weight excluding hydrogens is 525 g/mol. The van der Waals surface area contributed by atoms with Gasteiger partial charge in [-0.2, -0.15) is 12.6 Å². The van der Waals surface area contributed by atoms with Crippen LogP contribution in [0.5, 0.6) is 5.75 Å². The maximum atomic E-state index is 12.5. The molecule has 0 aromatic heterocycles. The molecule has 27 heavy (non-hydrogen) atoms. The zero-order valence-corrected chi connectivity index (χ0v) is 19.5. The summed E-state index contributed by atoms with van der Waals surface area (Å²) < 4.78 is 32.5. The molecule has 1 aromatic carbocycles. The molecule has 2 N–H and O–H groups in total. The third-order valence-corrected chi connectivity index (χ3v) is 7.71. The minimum absolute atomic E-state index is 0.000893. The minimum atomic E-state index is -3.30. The summed E-state index contributed by atoms with van der Waals surface area (Å²) in [5.74, 6) is 0.816. The molecule has 11 heteroatoms. The van der Waals surface area contributed by atoms with Crippen LogP contribution in [-0.4, -0.2) is 63.5 Å². The van der Waals surface area contributed by atoms with Gasteiger partial charge in [0.15, 0.2) is 0 Å². The lowest BCUT2D eigenvalue weighted by Gasteiger charge is -2.32. The highest BCUT2D eigenvalue weighted by atomic mass is 127. The number of carbonyl (C=O) groups is 1. The van der Waals surface area contributed by atoms with E-state index in [-0.39, 0.29) is 30.0 Å². The number of nitrogens with zero attached hydrogens (tertiary/aromatic N) is 1. The van der Waals surface area contributed by atoms with Crippen LogP contribution in [0.15, 0.2) is 12.1 Å². The van der Waals surface area contributed by atoms with Crippen molar-refractivity contribution < 1.29 is 17.9 Å². The Labute approximate surface area is 184 Å². The molecule has 0 unspecified atom stereocenters. The van der Waals surface area contributed by atoms with Crippen molar-refractivity contribution in [3.63, 3.8) is 0 Å². The van der Waals surface area contributed by atoms with Gasteiger partial charge in [0.1, 0.15) is 5.75 Å². The Bertz CT molecular complexity index is 771. The lowest BCUT2D eigenvalue weighted by Crippen LogP contribution is -2.48. The number of carbonyl (C=O) groups excluding carboxylic acids is 1. The molecule has 1 heterocycles. The van der Waals surface area contributed by atoms with Gasteiger partial charge >= 0.3 is 0 Å². The van der Waals surface area contributed by atoms with Crippen molar-refractivity contribution in [2.75, 3.05) is 43.6 Å². The van der Waals surface area contributed by atoms with E-state index < -0.39 is 10.0 Å². The van der Waals surface area contributed by atoms with Crippen LogP contribution < -0.4 is 14.8 Å². The highest BCUT2D eigenvalue weighted by Gasteiger charge is 2.25. The first-order valence-corrected chi connectivity index (χ1v) is 12.2. The quantitative estimate of drug-likeness (QED) is 0.343. The molecule has 152 valence electrons. The second-order valence-electron chi connectivity index (χ2n) is 6.14. The zero-order chi connectivity index (χ0) is 20.0. The summed E-state index contributed by atoms with van der Waals surface area (Å²) in [5.41, 5.74) is 0.703. The van der Waals surface area contributed by atoms with Gasteiger partial charge in [0.2, 0.25) is 15.9 Å². The first-order chi connectivity index (χ1) is 12.8. The van der Waals surface area contributed by atoms with Gasteiger partial charge < -0.3 is 15.0 Å². The SMILES string of the molecule is COc1cc(Cl)c(I)cc1NCC(=O)N1CCC(NS(=O)(=O)CCS)CC1. The number of sulfonamides is 1. The lowest BCUT2D eigenvalue weighted by atomic mass is 10.1. The average molecular weight is 548 g/mol. The Morgan fingerprint density at radius 3 is 2.67 bits per heavy atom. The van der Waals surface area contributed by atoms with Gasteiger partial charge in [0.05, 0.1) is 30.1 Å². The van der Waals surface area contributed by atoms with E-state index in [0.29, 0.717) is 42.4 Å². The maximum absolute atomic E-state index is 12.5. The molecule has 1 amide bonds. The van der Waals surface area contributed by atoms with Crippen LogP contribution >= 0.6 is 46.8 Å². The van der Waals surface area contributed by atoms with E-state index in [1.807, 2.05) is 6.07 Å². The standard InChI is InChI=1S/C16H23ClIN3O4S2/c1-25-15-8-12(17)13(18)9-14(15)19-10-16(22)21-4-2-11(3-5-21)20-27(23,24)7-6-26/h8-9,11,19-20,26H,2-7,10H2,1H3. The average Bonchev–Trinajstić information content (AvgIpc) is 2.62. The highest BCUT2D eigenvalue weighted by Crippen LogP contribution is 2.32. The molecule has 0 saturated carbocycles. The first kappa shape index (κ1) is 22.9. The van der Waals surface area contributed by atoms with Crippen LogP contribution in [0.4, 0.5) is 5.69 Å². The summed E-state index contributed by atoms with van der Waals surface area (Å²) in [5, 5.41) is 3.69. The molecule has 1 saturated heterocycles. The summed E-state index contributed by atoms with van der Waals surface area (Å²) in [7, 11) is -1.75. The van der Waals surface area contributed by atoms with E-state index in [9.17, 15) is 13.2 Å². The number of ether oxygens (including phenoxy) is 1. The van der Waals surface area contributed by atoms with E-state index in [2.05, 4.69) is 45.3 Å². The van der Waals surface area contributed by atoms with Gasteiger partial charge in [-0.05, 0) is 41.5 Å². The third-order valence-electron chi connectivity index (χ3n) is 4.23. The fraction of sp³-hybridized carbons (Fsp3) is 0.562. The molecule has 0 atom stereocenters. The van der Waals surface area contributed by atoms with Crippen molar-refractivity contribution in [2.45, 2.75) is 18.9 Å². The number of piperidine rings is 1. The Kier molecular flexibility index (Phi) is 8.78. The van der Waals surface area contributed by atoms with Gasteiger partial charge in [-0.25, -0.2) is 13.1 Å². The van der Waals surface area contributed by atoms with E-state index in [1.54, 1.807) is 18.1 Å². The Balaban J connectivity index is 1.86. The number of hydrogen-bond acceptors (Lipinski definition) is 6. The van der Waals surface area contributed by atoms with Crippen LogP contribution in [0.3, 0.4) is 0 Å². The normalized spacial score (nSPS) is 15.6. The topological polar surface area (TPSA) is 87.7 Å². The van der Waals surface area contributed by atoms with Crippen molar-refractivity contribution in [2.24, 2.45) is 0 Å². The first-order valence-electron chi connectivity index (χ1n) is 8.41. The number of anilines is 1. The number of likely N-dealkylation sites (tertiary alicyclic amines) is 1. The summed E-state index contributed by atoms with van der Waals surface area (Å²) in [6.07, 6.45) is 1.19. The highest BCUT2D eigenvalue weighted by molar-refractivity contribution is 14.1. The number of thiol groups is 1. The monoisotopic (exact) mass is 547 g/mol. The fourth-order valence-corrected chi connectivity index (χ4v) is 5.24. The summed E-state index contributed by atoms with van der Waals surface area (Å²) in [4.78, 5) is 14.2. The Hall–Kier alpha value is -0.430. The second-order valence-corrected chi connectivity index (χ2v) is 10.0. The number of nitrogens with one attached hydrogen (secondary N) is 2. The predicted octanol–water partition coefficient (Wildman–Crippen LogP) is 2.21. The molecular formula is C16H23ClIN3O4S2. The van der Waals surface area contributed by atoms with Crippen LogP contribution in [-0.2, 0) is 14.8 Å². The lowest BCUT2D eigenvalue weighted by molar-refractivity contribution is -0.130. The second kappa shape index (κ2) is 10.4. The van der Waals surface area contributed by atoms with E-state index >= 15 is 0 Å². The fourth-order valence-electron chi connectivity index (χ4n) is 2.80. The summed E-state index contributed by atoms with van der Waals surface area (Å²) in [6.45, 7) is 1.16. The Morgan fingerprint density at radius 2 is 2.07 bits per heavy atom. The van der Waals surface area contributed by atoms with Crippen molar-refractivity contribution >= 4 is 68.4 Å². The van der Waals surface area contributed by atoms with Gasteiger partial charge in [-0.15, -0.1) is 0 Å². The van der Waals surface area contributed by atoms with Crippen molar-refractivity contribution in [1.82, 2.24) is 9.62 Å².